The van der Waals surface area contributed by atoms with E-state index in [0.29, 0.717) is 0 Å². The molecule has 146 valence electrons. The SMILES string of the molecule is CC(C)(C)C(=O)OCCC(COC(=O)OCCCl)OC(=O)C(C)(C)C. The van der Waals surface area contributed by atoms with Crippen LogP contribution >= 0.6 is 11.6 Å². The van der Waals surface area contributed by atoms with Crippen LogP contribution in [0.1, 0.15) is 48.0 Å². The summed E-state index contributed by atoms with van der Waals surface area (Å²) >= 11 is 5.41. The smallest absolute Gasteiger partial charge is 0.465 e. The van der Waals surface area contributed by atoms with Gasteiger partial charge < -0.3 is 18.9 Å². The number of carbonyl (C=O) groups is 3. The molecule has 1 atom stereocenters. The highest BCUT2D eigenvalue weighted by molar-refractivity contribution is 6.18. The van der Waals surface area contributed by atoms with Gasteiger partial charge in [0.25, 0.3) is 0 Å². The largest absolute Gasteiger partial charge is 0.508 e. The van der Waals surface area contributed by atoms with Crippen LogP contribution in [0.5, 0.6) is 0 Å². The summed E-state index contributed by atoms with van der Waals surface area (Å²) in [6.45, 7) is 10.2. The Bertz CT molecular complexity index is 449. The van der Waals surface area contributed by atoms with Crippen molar-refractivity contribution in [3.05, 3.63) is 0 Å². The fourth-order valence-corrected chi connectivity index (χ4v) is 1.41. The van der Waals surface area contributed by atoms with Crippen molar-refractivity contribution < 1.29 is 33.3 Å². The van der Waals surface area contributed by atoms with E-state index in [0.717, 1.165) is 0 Å². The van der Waals surface area contributed by atoms with E-state index in [2.05, 4.69) is 4.74 Å². The third-order valence-electron chi connectivity index (χ3n) is 2.86. The van der Waals surface area contributed by atoms with E-state index in [9.17, 15) is 14.4 Å². The molecule has 0 bridgehead atoms. The molecule has 0 saturated carbocycles. The third-order valence-corrected chi connectivity index (χ3v) is 3.01. The van der Waals surface area contributed by atoms with E-state index >= 15 is 0 Å². The average Bonchev–Trinajstić information content (AvgIpc) is 2.48. The van der Waals surface area contributed by atoms with E-state index in [-0.39, 0.29) is 38.1 Å². The topological polar surface area (TPSA) is 88.1 Å². The van der Waals surface area contributed by atoms with Crippen molar-refractivity contribution in [2.24, 2.45) is 10.8 Å². The molecule has 0 aliphatic rings. The summed E-state index contributed by atoms with van der Waals surface area (Å²) in [6, 6.07) is 0. The van der Waals surface area contributed by atoms with Crippen molar-refractivity contribution in [1.29, 1.82) is 0 Å². The molecule has 0 aromatic carbocycles. The van der Waals surface area contributed by atoms with Crippen LogP contribution in [0.25, 0.3) is 0 Å². The second kappa shape index (κ2) is 10.5. The Morgan fingerprint density at radius 1 is 0.840 bits per heavy atom. The number of esters is 2. The summed E-state index contributed by atoms with van der Waals surface area (Å²) < 4.78 is 20.1. The van der Waals surface area contributed by atoms with E-state index in [1.165, 1.54) is 0 Å². The first kappa shape index (κ1) is 23.5. The monoisotopic (exact) mass is 380 g/mol. The molecule has 0 aromatic rings. The van der Waals surface area contributed by atoms with Gasteiger partial charge in [-0.25, -0.2) is 4.79 Å². The van der Waals surface area contributed by atoms with Crippen LogP contribution in [0.15, 0.2) is 0 Å². The van der Waals surface area contributed by atoms with Crippen molar-refractivity contribution in [2.75, 3.05) is 25.7 Å². The predicted octanol–water partition coefficient (Wildman–Crippen LogP) is 3.32. The first-order valence-corrected chi connectivity index (χ1v) is 8.65. The number of halogens is 1. The maximum atomic E-state index is 12.0. The minimum atomic E-state index is -0.899. The van der Waals surface area contributed by atoms with Crippen LogP contribution < -0.4 is 0 Å². The van der Waals surface area contributed by atoms with Crippen LogP contribution in [0, 0.1) is 10.8 Å². The number of ether oxygens (including phenoxy) is 4. The number of rotatable bonds is 8. The molecule has 0 spiro atoms. The molecule has 0 saturated heterocycles. The van der Waals surface area contributed by atoms with Crippen LogP contribution in [0.4, 0.5) is 4.79 Å². The summed E-state index contributed by atoms with van der Waals surface area (Å²) in [5.41, 5.74) is -1.33. The normalized spacial score (nSPS) is 12.9. The van der Waals surface area contributed by atoms with Crippen LogP contribution in [-0.4, -0.2) is 49.9 Å². The highest BCUT2D eigenvalue weighted by Gasteiger charge is 2.28. The Morgan fingerprint density at radius 2 is 1.40 bits per heavy atom. The average molecular weight is 381 g/mol. The standard InChI is InChI=1S/C17H29ClO7/c1-16(2,3)13(19)22-9-7-12(25-14(20)17(4,5)6)11-24-15(21)23-10-8-18/h12H,7-11H2,1-6H3. The minimum Gasteiger partial charge on any atom is -0.465 e. The fourth-order valence-electron chi connectivity index (χ4n) is 1.33. The van der Waals surface area contributed by atoms with Crippen molar-refractivity contribution in [3.8, 4) is 0 Å². The lowest BCUT2D eigenvalue weighted by Gasteiger charge is -2.23. The Kier molecular flexibility index (Phi) is 9.85. The molecular weight excluding hydrogens is 352 g/mol. The number of carbonyl (C=O) groups excluding carboxylic acids is 3. The quantitative estimate of drug-likeness (QED) is 0.362. The molecule has 0 amide bonds. The second-order valence-corrected chi connectivity index (χ2v) is 7.93. The van der Waals surface area contributed by atoms with Crippen molar-refractivity contribution in [2.45, 2.75) is 54.1 Å². The van der Waals surface area contributed by atoms with Gasteiger partial charge in [0.15, 0.2) is 0 Å². The van der Waals surface area contributed by atoms with Crippen LogP contribution in [0.2, 0.25) is 0 Å². The Hall–Kier alpha value is -1.50. The predicted molar refractivity (Wildman–Crippen MR) is 92.4 cm³/mol. The lowest BCUT2D eigenvalue weighted by Crippen LogP contribution is -2.33. The molecule has 1 unspecified atom stereocenters. The zero-order valence-corrected chi connectivity index (χ0v) is 16.6. The van der Waals surface area contributed by atoms with E-state index in [1.54, 1.807) is 41.5 Å². The summed E-state index contributed by atoms with van der Waals surface area (Å²) in [5.74, 6) is -0.659. The van der Waals surface area contributed by atoms with Gasteiger partial charge >= 0.3 is 18.1 Å². The molecule has 7 nitrogen and oxygen atoms in total. The van der Waals surface area contributed by atoms with Crippen LogP contribution in [0.3, 0.4) is 0 Å². The first-order valence-electron chi connectivity index (χ1n) is 8.11. The molecule has 0 aromatic heterocycles. The van der Waals surface area contributed by atoms with Gasteiger partial charge in [-0.1, -0.05) is 0 Å². The van der Waals surface area contributed by atoms with Gasteiger partial charge in [0.2, 0.25) is 0 Å². The second-order valence-electron chi connectivity index (χ2n) is 7.55. The molecule has 0 radical (unpaired) electrons. The van der Waals surface area contributed by atoms with E-state index in [4.69, 9.17) is 25.8 Å². The first-order chi connectivity index (χ1) is 11.4. The lowest BCUT2D eigenvalue weighted by atomic mass is 9.97. The van der Waals surface area contributed by atoms with Crippen molar-refractivity contribution >= 4 is 29.7 Å². The molecule has 0 aliphatic carbocycles. The molecule has 8 heteroatoms. The van der Waals surface area contributed by atoms with Gasteiger partial charge in [0.1, 0.15) is 19.3 Å². The Morgan fingerprint density at radius 3 is 1.88 bits per heavy atom. The summed E-state index contributed by atoms with van der Waals surface area (Å²) in [6.07, 6.45) is -1.45. The van der Waals surface area contributed by atoms with Crippen molar-refractivity contribution in [3.63, 3.8) is 0 Å². The van der Waals surface area contributed by atoms with Gasteiger partial charge in [0, 0.05) is 6.42 Å². The van der Waals surface area contributed by atoms with Gasteiger partial charge in [0.05, 0.1) is 23.3 Å². The molecule has 25 heavy (non-hydrogen) atoms. The van der Waals surface area contributed by atoms with E-state index in [1.807, 2.05) is 0 Å². The lowest BCUT2D eigenvalue weighted by molar-refractivity contribution is -0.163. The third kappa shape index (κ3) is 10.9. The summed E-state index contributed by atoms with van der Waals surface area (Å²) in [7, 11) is 0. The van der Waals surface area contributed by atoms with Gasteiger partial charge in [-0.15, -0.1) is 11.6 Å². The van der Waals surface area contributed by atoms with Gasteiger partial charge in [-0.3, -0.25) is 9.59 Å². The minimum absolute atomic E-state index is 0.0238. The summed E-state index contributed by atoms with van der Waals surface area (Å²) in [5, 5.41) is 0. The number of hydrogen-bond acceptors (Lipinski definition) is 7. The van der Waals surface area contributed by atoms with Gasteiger partial charge in [-0.05, 0) is 41.5 Å². The number of alkyl halides is 1. The summed E-state index contributed by atoms with van der Waals surface area (Å²) in [4.78, 5) is 35.2. The molecule has 0 aliphatic heterocycles. The molecule has 0 fully saturated rings. The zero-order chi connectivity index (χ0) is 19.7. The van der Waals surface area contributed by atoms with Crippen molar-refractivity contribution in [1.82, 2.24) is 0 Å². The molecule has 0 rings (SSSR count). The maximum Gasteiger partial charge on any atom is 0.508 e. The number of hydrogen-bond donors (Lipinski definition) is 0. The maximum absolute atomic E-state index is 12.0. The fraction of sp³-hybridized carbons (Fsp3) is 0.824. The molecular formula is C17H29ClO7. The highest BCUT2D eigenvalue weighted by Crippen LogP contribution is 2.19. The Balaban J connectivity index is 4.60. The molecule has 0 N–H and O–H groups in total. The van der Waals surface area contributed by atoms with E-state index < -0.39 is 29.1 Å². The highest BCUT2D eigenvalue weighted by atomic mass is 35.5. The van der Waals surface area contributed by atoms with Crippen LogP contribution in [-0.2, 0) is 28.5 Å². The Labute approximate surface area is 154 Å². The molecule has 0 heterocycles. The van der Waals surface area contributed by atoms with Gasteiger partial charge in [-0.2, -0.15) is 0 Å². The zero-order valence-electron chi connectivity index (χ0n) is 15.8.